The first kappa shape index (κ1) is 70.1. The Hall–Kier alpha value is -1.89. The molecule has 7 nitrogen and oxygen atoms in total. The van der Waals surface area contributed by atoms with Gasteiger partial charge in [-0.1, -0.05) is 266 Å². The first-order valence-electron chi connectivity index (χ1n) is 33.4. The molecule has 0 bridgehead atoms. The van der Waals surface area contributed by atoms with E-state index in [1.165, 1.54) is 283 Å². The van der Waals surface area contributed by atoms with E-state index in [1.54, 1.807) is 0 Å². The fraction of sp³-hybridized carbons (Fsp3) is 0.925. The number of aryl methyl sites for hydroxylation is 2. The second-order valence-corrected chi connectivity index (χ2v) is 23.6. The van der Waals surface area contributed by atoms with Crippen molar-refractivity contribution in [1.82, 2.24) is 14.5 Å². The number of ether oxygens (including phenoxy) is 2. The molecule has 0 saturated heterocycles. The lowest BCUT2D eigenvalue weighted by molar-refractivity contribution is -0.146. The summed E-state index contributed by atoms with van der Waals surface area (Å²) in [4.78, 5) is 33.1. The Morgan fingerprint density at radius 2 is 0.730 bits per heavy atom. The third kappa shape index (κ3) is 45.2. The number of aromatic nitrogens is 2. The van der Waals surface area contributed by atoms with Gasteiger partial charge < -0.3 is 18.9 Å². The van der Waals surface area contributed by atoms with Gasteiger partial charge in [0.15, 0.2) is 0 Å². The average molecular weight is 1040 g/mol. The molecular weight excluding hydrogens is 911 g/mol. The first-order chi connectivity index (χ1) is 36.4. The second kappa shape index (κ2) is 54.5. The maximum Gasteiger partial charge on any atom is 0.305 e. The van der Waals surface area contributed by atoms with Crippen LogP contribution in [0.4, 0.5) is 0 Å². The predicted molar refractivity (Wildman–Crippen MR) is 321 cm³/mol. The molecule has 1 heterocycles. The van der Waals surface area contributed by atoms with Crippen molar-refractivity contribution in [3.63, 3.8) is 0 Å². The third-order valence-electron chi connectivity index (χ3n) is 16.3. The Morgan fingerprint density at radius 1 is 0.419 bits per heavy atom. The second-order valence-electron chi connectivity index (χ2n) is 23.6. The largest absolute Gasteiger partial charge is 0.465 e. The van der Waals surface area contributed by atoms with Gasteiger partial charge in [0, 0.05) is 38.2 Å². The summed E-state index contributed by atoms with van der Waals surface area (Å²) in [7, 11) is 0. The van der Waals surface area contributed by atoms with Crippen molar-refractivity contribution in [1.29, 1.82) is 0 Å². The van der Waals surface area contributed by atoms with Crippen molar-refractivity contribution < 1.29 is 19.1 Å². The Morgan fingerprint density at radius 3 is 1.09 bits per heavy atom. The zero-order valence-electron chi connectivity index (χ0n) is 50.8. The molecule has 0 aromatic carbocycles. The molecule has 0 aliphatic heterocycles. The number of unbranched alkanes of at least 4 members (excludes halogenated alkanes) is 32. The van der Waals surface area contributed by atoms with E-state index in [0.29, 0.717) is 43.9 Å². The molecule has 1 rings (SSSR count). The van der Waals surface area contributed by atoms with Gasteiger partial charge in [0.25, 0.3) is 0 Å². The first-order valence-corrected chi connectivity index (χ1v) is 33.4. The molecule has 7 heteroatoms. The Labute approximate surface area is 462 Å². The topological polar surface area (TPSA) is 73.7 Å². The highest BCUT2D eigenvalue weighted by atomic mass is 16.5. The minimum Gasteiger partial charge on any atom is -0.465 e. The van der Waals surface area contributed by atoms with Crippen LogP contribution < -0.4 is 0 Å². The molecule has 2 unspecified atom stereocenters. The summed E-state index contributed by atoms with van der Waals surface area (Å²) >= 11 is 0. The Balaban J connectivity index is 2.64. The highest BCUT2D eigenvalue weighted by Gasteiger charge is 2.19. The lowest BCUT2D eigenvalue weighted by Gasteiger charge is -2.32. The van der Waals surface area contributed by atoms with Crippen LogP contribution in [0.5, 0.6) is 0 Å². The molecular formula is C67H129N3O4. The van der Waals surface area contributed by atoms with Crippen LogP contribution in [-0.4, -0.2) is 58.7 Å². The molecule has 1 aromatic rings. The highest BCUT2D eigenvalue weighted by molar-refractivity contribution is 5.69. The number of carbonyl (C=O) groups excluding carboxylic acids is 2. The van der Waals surface area contributed by atoms with Gasteiger partial charge in [-0.2, -0.15) is 0 Å². The van der Waals surface area contributed by atoms with Gasteiger partial charge in [-0.05, 0) is 89.5 Å². The summed E-state index contributed by atoms with van der Waals surface area (Å²) in [6, 6.07) is 0.650. The highest BCUT2D eigenvalue weighted by Crippen LogP contribution is 2.24. The minimum absolute atomic E-state index is 0.0317. The van der Waals surface area contributed by atoms with Crippen LogP contribution in [0.2, 0.25) is 0 Å². The molecule has 0 aliphatic carbocycles. The number of carbonyl (C=O) groups is 2. The molecule has 0 fully saturated rings. The van der Waals surface area contributed by atoms with Gasteiger partial charge in [-0.3, -0.25) is 9.59 Å². The van der Waals surface area contributed by atoms with E-state index < -0.39 is 0 Å². The van der Waals surface area contributed by atoms with Gasteiger partial charge in [-0.15, -0.1) is 0 Å². The van der Waals surface area contributed by atoms with Crippen molar-refractivity contribution in [2.45, 2.75) is 362 Å². The van der Waals surface area contributed by atoms with Crippen LogP contribution >= 0.6 is 0 Å². The van der Waals surface area contributed by atoms with E-state index in [1.807, 2.05) is 6.33 Å². The van der Waals surface area contributed by atoms with Crippen molar-refractivity contribution in [3.05, 3.63) is 18.2 Å². The number of imidazole rings is 1. The van der Waals surface area contributed by atoms with E-state index in [0.717, 1.165) is 37.9 Å². The van der Waals surface area contributed by atoms with Crippen LogP contribution in [0.1, 0.15) is 349 Å². The maximum absolute atomic E-state index is 12.8. The number of hydrogen-bond acceptors (Lipinski definition) is 6. The SMILES string of the molecule is CCCCCCCCCN(CCCn1cnc(C)c1)C(CCCCCCCCC(=O)OCC(CCCCCC)CCCCCCCC)CCCCCCCCC(=O)OCC(CCCCCC)CCCCCCCC. The van der Waals surface area contributed by atoms with Crippen LogP contribution in [0.3, 0.4) is 0 Å². The van der Waals surface area contributed by atoms with Crippen LogP contribution in [0, 0.1) is 18.8 Å². The van der Waals surface area contributed by atoms with Crippen molar-refractivity contribution >= 4 is 11.9 Å². The lowest BCUT2D eigenvalue weighted by Crippen LogP contribution is -2.37. The van der Waals surface area contributed by atoms with E-state index in [4.69, 9.17) is 9.47 Å². The summed E-state index contributed by atoms with van der Waals surface area (Å²) in [5.41, 5.74) is 1.11. The van der Waals surface area contributed by atoms with E-state index in [2.05, 4.69) is 62.2 Å². The molecule has 0 amide bonds. The molecule has 0 saturated carbocycles. The van der Waals surface area contributed by atoms with Crippen LogP contribution in [-0.2, 0) is 25.6 Å². The fourth-order valence-electron chi connectivity index (χ4n) is 11.4. The van der Waals surface area contributed by atoms with Crippen LogP contribution in [0.25, 0.3) is 0 Å². The van der Waals surface area contributed by atoms with Crippen molar-refractivity contribution in [2.24, 2.45) is 11.8 Å². The maximum atomic E-state index is 12.8. The monoisotopic (exact) mass is 1040 g/mol. The average Bonchev–Trinajstić information content (AvgIpc) is 3.82. The third-order valence-corrected chi connectivity index (χ3v) is 16.3. The van der Waals surface area contributed by atoms with Gasteiger partial charge in [0.1, 0.15) is 0 Å². The molecule has 0 spiro atoms. The standard InChI is InChI=1S/C67H129N3O4/c1-7-12-17-22-29-36-45-56-70(57-46-55-69-58-62(6)68-61-69)65(51-41-32-25-27-34-43-53-66(71)73-59-63(47-37-20-15-10-4)49-39-30-23-18-13-8-2)52-42-33-26-28-35-44-54-67(72)74-60-64(48-38-21-16-11-5)50-40-31-24-19-14-9-3/h58,61,63-65H,7-57,59-60H2,1-6H3. The van der Waals surface area contributed by atoms with Gasteiger partial charge in [0.05, 0.1) is 25.2 Å². The Bertz CT molecular complexity index is 1250. The Kier molecular flexibility index (Phi) is 51.6. The smallest absolute Gasteiger partial charge is 0.305 e. The summed E-state index contributed by atoms with van der Waals surface area (Å²) in [6.45, 7) is 18.2. The number of hydrogen-bond donors (Lipinski definition) is 0. The van der Waals surface area contributed by atoms with E-state index >= 15 is 0 Å². The van der Waals surface area contributed by atoms with Crippen LogP contribution in [0.15, 0.2) is 12.5 Å². The molecule has 0 N–H and O–H groups in total. The minimum atomic E-state index is 0.0317. The van der Waals surface area contributed by atoms with Gasteiger partial charge in [-0.25, -0.2) is 4.98 Å². The fourth-order valence-corrected chi connectivity index (χ4v) is 11.4. The molecule has 0 radical (unpaired) electrons. The molecule has 74 heavy (non-hydrogen) atoms. The number of nitrogens with zero attached hydrogens (tertiary/aromatic N) is 3. The van der Waals surface area contributed by atoms with E-state index in [9.17, 15) is 9.59 Å². The van der Waals surface area contributed by atoms with Crippen molar-refractivity contribution in [3.8, 4) is 0 Å². The van der Waals surface area contributed by atoms with Gasteiger partial charge >= 0.3 is 11.9 Å². The summed E-state index contributed by atoms with van der Waals surface area (Å²) in [5, 5.41) is 0. The summed E-state index contributed by atoms with van der Waals surface area (Å²) in [6.07, 6.45) is 64.2. The quantitative estimate of drug-likeness (QED) is 0.0478. The summed E-state index contributed by atoms with van der Waals surface area (Å²) < 4.78 is 14.1. The van der Waals surface area contributed by atoms with E-state index in [-0.39, 0.29) is 11.9 Å². The zero-order chi connectivity index (χ0) is 53.6. The molecule has 436 valence electrons. The number of esters is 2. The predicted octanol–water partition coefficient (Wildman–Crippen LogP) is 21.0. The number of rotatable bonds is 59. The normalized spacial score (nSPS) is 13.0. The van der Waals surface area contributed by atoms with Crippen molar-refractivity contribution in [2.75, 3.05) is 26.3 Å². The van der Waals surface area contributed by atoms with Gasteiger partial charge in [0.2, 0.25) is 0 Å². The zero-order valence-corrected chi connectivity index (χ0v) is 50.8. The molecule has 0 aliphatic rings. The lowest BCUT2D eigenvalue weighted by atomic mass is 9.95. The molecule has 2 atom stereocenters. The summed E-state index contributed by atoms with van der Waals surface area (Å²) in [5.74, 6) is 1.15. The molecule has 1 aromatic heterocycles.